The van der Waals surface area contributed by atoms with E-state index in [-0.39, 0.29) is 0 Å². The van der Waals surface area contributed by atoms with Crippen LogP contribution in [-0.4, -0.2) is 18.1 Å². The van der Waals surface area contributed by atoms with Crippen LogP contribution in [0.5, 0.6) is 0 Å². The van der Waals surface area contributed by atoms with Crippen LogP contribution in [-0.2, 0) is 0 Å². The van der Waals surface area contributed by atoms with Crippen molar-refractivity contribution in [2.24, 2.45) is 17.6 Å². The van der Waals surface area contributed by atoms with Gasteiger partial charge in [-0.15, -0.1) is 6.58 Å². The Morgan fingerprint density at radius 1 is 1.40 bits per heavy atom. The molecular weight excluding hydrogens is 184 g/mol. The van der Waals surface area contributed by atoms with Crippen LogP contribution in [0.25, 0.3) is 0 Å². The molecule has 15 heavy (non-hydrogen) atoms. The van der Waals surface area contributed by atoms with E-state index in [9.17, 15) is 0 Å². The molecule has 5 unspecified atom stereocenters. The van der Waals surface area contributed by atoms with Crippen molar-refractivity contribution in [2.45, 2.75) is 57.2 Å². The van der Waals surface area contributed by atoms with Crippen molar-refractivity contribution in [3.05, 3.63) is 12.7 Å². The van der Waals surface area contributed by atoms with Crippen molar-refractivity contribution in [3.8, 4) is 0 Å². The molecule has 1 heterocycles. The smallest absolute Gasteiger partial charge is 0.0904 e. The predicted octanol–water partition coefficient (Wildman–Crippen LogP) is 1.03. The SMILES string of the molecule is C=CCC1C(C)[NH2+]C2CCCCC2C1N. The van der Waals surface area contributed by atoms with Crippen LogP contribution in [0, 0.1) is 11.8 Å². The number of nitrogens with two attached hydrogens (primary N) is 2. The lowest BCUT2D eigenvalue weighted by Crippen LogP contribution is -3.01. The van der Waals surface area contributed by atoms with Gasteiger partial charge < -0.3 is 11.1 Å². The van der Waals surface area contributed by atoms with Crippen LogP contribution in [0.4, 0.5) is 0 Å². The van der Waals surface area contributed by atoms with Crippen LogP contribution in [0.15, 0.2) is 12.7 Å². The molecule has 0 amide bonds. The van der Waals surface area contributed by atoms with Gasteiger partial charge in [-0.2, -0.15) is 0 Å². The molecule has 0 radical (unpaired) electrons. The van der Waals surface area contributed by atoms with E-state index in [0.29, 0.717) is 18.0 Å². The van der Waals surface area contributed by atoms with Crippen LogP contribution in [0.2, 0.25) is 0 Å². The minimum absolute atomic E-state index is 0.410. The summed E-state index contributed by atoms with van der Waals surface area (Å²) < 4.78 is 0. The summed E-state index contributed by atoms with van der Waals surface area (Å²) in [4.78, 5) is 0. The largest absolute Gasteiger partial charge is 0.341 e. The van der Waals surface area contributed by atoms with Gasteiger partial charge in [-0.3, -0.25) is 0 Å². The lowest BCUT2D eigenvalue weighted by atomic mass is 9.69. The molecule has 0 spiro atoms. The zero-order valence-electron chi connectivity index (χ0n) is 9.86. The monoisotopic (exact) mass is 209 g/mol. The summed E-state index contributed by atoms with van der Waals surface area (Å²) in [6.07, 6.45) is 8.65. The van der Waals surface area contributed by atoms with Crippen LogP contribution < -0.4 is 11.1 Å². The fourth-order valence-corrected chi connectivity index (χ4v) is 3.67. The van der Waals surface area contributed by atoms with E-state index in [1.165, 1.54) is 25.7 Å². The molecule has 1 aliphatic carbocycles. The Balaban J connectivity index is 2.07. The third-order valence-electron chi connectivity index (χ3n) is 4.53. The molecule has 2 rings (SSSR count). The lowest BCUT2D eigenvalue weighted by molar-refractivity contribution is -0.743. The van der Waals surface area contributed by atoms with E-state index in [4.69, 9.17) is 5.73 Å². The molecular formula is C13H25N2+. The van der Waals surface area contributed by atoms with Gasteiger partial charge in [0.1, 0.15) is 0 Å². The first kappa shape index (κ1) is 11.2. The van der Waals surface area contributed by atoms with E-state index >= 15 is 0 Å². The fourth-order valence-electron chi connectivity index (χ4n) is 3.67. The molecule has 1 saturated carbocycles. The minimum Gasteiger partial charge on any atom is -0.341 e. The number of fused-ring (bicyclic) bond motifs is 1. The average molecular weight is 209 g/mol. The van der Waals surface area contributed by atoms with Crippen molar-refractivity contribution >= 4 is 0 Å². The van der Waals surface area contributed by atoms with E-state index < -0.39 is 0 Å². The zero-order chi connectivity index (χ0) is 10.8. The Bertz CT molecular complexity index is 227. The second-order valence-electron chi connectivity index (χ2n) is 5.43. The Kier molecular flexibility index (Phi) is 3.47. The second-order valence-corrected chi connectivity index (χ2v) is 5.43. The normalized spacial score (nSPS) is 45.9. The van der Waals surface area contributed by atoms with Crippen LogP contribution in [0.3, 0.4) is 0 Å². The number of allylic oxidation sites excluding steroid dienone is 1. The lowest BCUT2D eigenvalue weighted by Gasteiger charge is -2.45. The summed E-state index contributed by atoms with van der Waals surface area (Å²) in [5, 5.41) is 2.58. The fraction of sp³-hybridized carbons (Fsp3) is 0.846. The summed E-state index contributed by atoms with van der Waals surface area (Å²) in [6.45, 7) is 6.19. The number of piperidine rings is 1. The Morgan fingerprint density at radius 3 is 2.87 bits per heavy atom. The molecule has 2 fully saturated rings. The minimum atomic E-state index is 0.410. The molecule has 1 aliphatic heterocycles. The van der Waals surface area contributed by atoms with Gasteiger partial charge in [0.2, 0.25) is 0 Å². The maximum atomic E-state index is 6.44. The molecule has 0 aromatic carbocycles. The number of hydrogen-bond donors (Lipinski definition) is 2. The van der Waals surface area contributed by atoms with E-state index in [0.717, 1.165) is 18.4 Å². The summed E-state index contributed by atoms with van der Waals surface area (Å²) in [5.41, 5.74) is 6.44. The number of rotatable bonds is 2. The molecule has 5 atom stereocenters. The second kappa shape index (κ2) is 4.67. The van der Waals surface area contributed by atoms with Crippen molar-refractivity contribution < 1.29 is 5.32 Å². The van der Waals surface area contributed by atoms with E-state index in [1.54, 1.807) is 0 Å². The Labute approximate surface area is 93.3 Å². The van der Waals surface area contributed by atoms with Crippen molar-refractivity contribution in [1.82, 2.24) is 0 Å². The van der Waals surface area contributed by atoms with Gasteiger partial charge in [-0.1, -0.05) is 12.5 Å². The van der Waals surface area contributed by atoms with Crippen LogP contribution in [0.1, 0.15) is 39.0 Å². The van der Waals surface area contributed by atoms with Crippen molar-refractivity contribution in [1.29, 1.82) is 0 Å². The Morgan fingerprint density at radius 2 is 2.13 bits per heavy atom. The van der Waals surface area contributed by atoms with E-state index in [2.05, 4.69) is 18.8 Å². The predicted molar refractivity (Wildman–Crippen MR) is 63.4 cm³/mol. The highest BCUT2D eigenvalue weighted by atomic mass is 15.0. The highest BCUT2D eigenvalue weighted by Crippen LogP contribution is 2.32. The molecule has 0 aromatic heterocycles. The molecule has 0 aromatic rings. The van der Waals surface area contributed by atoms with Gasteiger partial charge in [0.25, 0.3) is 0 Å². The van der Waals surface area contributed by atoms with Crippen molar-refractivity contribution in [2.75, 3.05) is 0 Å². The maximum Gasteiger partial charge on any atom is 0.0904 e. The average Bonchev–Trinajstić information content (AvgIpc) is 2.24. The maximum absolute atomic E-state index is 6.44. The third-order valence-corrected chi connectivity index (χ3v) is 4.53. The van der Waals surface area contributed by atoms with Gasteiger partial charge in [0, 0.05) is 17.9 Å². The zero-order valence-corrected chi connectivity index (χ0v) is 9.86. The van der Waals surface area contributed by atoms with Crippen LogP contribution >= 0.6 is 0 Å². The highest BCUT2D eigenvalue weighted by molar-refractivity contribution is 4.94. The standard InChI is InChI=1S/C13H24N2/c1-3-6-10-9(2)15-12-8-5-4-7-11(12)13(10)14/h3,9-13,15H,1,4-8,14H2,2H3/p+1. The van der Waals surface area contributed by atoms with E-state index in [1.807, 2.05) is 6.08 Å². The summed E-state index contributed by atoms with van der Waals surface area (Å²) in [5.74, 6) is 1.40. The van der Waals surface area contributed by atoms with Gasteiger partial charge >= 0.3 is 0 Å². The molecule has 2 nitrogen and oxygen atoms in total. The first-order valence-electron chi connectivity index (χ1n) is 6.45. The van der Waals surface area contributed by atoms with Gasteiger partial charge in [-0.05, 0) is 32.6 Å². The quantitative estimate of drug-likeness (QED) is 0.655. The molecule has 2 aliphatic rings. The summed E-state index contributed by atoms with van der Waals surface area (Å²) >= 11 is 0. The summed E-state index contributed by atoms with van der Waals surface area (Å²) in [7, 11) is 0. The molecule has 1 saturated heterocycles. The van der Waals surface area contributed by atoms with Gasteiger partial charge in [0.15, 0.2) is 0 Å². The third kappa shape index (κ3) is 2.11. The number of quaternary nitrogens is 1. The van der Waals surface area contributed by atoms with Gasteiger partial charge in [-0.25, -0.2) is 0 Å². The molecule has 0 bridgehead atoms. The highest BCUT2D eigenvalue weighted by Gasteiger charge is 2.44. The first-order chi connectivity index (χ1) is 7.24. The molecule has 4 N–H and O–H groups in total. The summed E-state index contributed by atoms with van der Waals surface area (Å²) in [6, 6.07) is 1.90. The van der Waals surface area contributed by atoms with Gasteiger partial charge in [0.05, 0.1) is 12.1 Å². The number of hydrogen-bond acceptors (Lipinski definition) is 1. The molecule has 2 heteroatoms. The topological polar surface area (TPSA) is 42.6 Å². The first-order valence-corrected chi connectivity index (χ1v) is 6.45. The van der Waals surface area contributed by atoms with Crippen molar-refractivity contribution in [3.63, 3.8) is 0 Å². The Hall–Kier alpha value is -0.340. The molecule has 86 valence electrons.